The van der Waals surface area contributed by atoms with E-state index in [9.17, 15) is 5.11 Å². The zero-order chi connectivity index (χ0) is 13.6. The van der Waals surface area contributed by atoms with Crippen molar-refractivity contribution >= 4 is 0 Å². The lowest BCUT2D eigenvalue weighted by atomic mass is 9.89. The summed E-state index contributed by atoms with van der Waals surface area (Å²) in [6.45, 7) is 11.8. The van der Waals surface area contributed by atoms with Gasteiger partial charge in [-0.3, -0.25) is 0 Å². The molecule has 2 nitrogen and oxygen atoms in total. The van der Waals surface area contributed by atoms with E-state index >= 15 is 0 Å². The van der Waals surface area contributed by atoms with Gasteiger partial charge in [0.25, 0.3) is 0 Å². The van der Waals surface area contributed by atoms with Crippen LogP contribution in [0.5, 0.6) is 0 Å². The average Bonchev–Trinajstić information content (AvgIpc) is 2.33. The summed E-state index contributed by atoms with van der Waals surface area (Å²) in [7, 11) is 0. The van der Waals surface area contributed by atoms with Crippen LogP contribution in [-0.4, -0.2) is 29.6 Å². The molecular weight excluding hydrogens is 222 g/mol. The molecule has 0 unspecified atom stereocenters. The maximum absolute atomic E-state index is 10.1. The summed E-state index contributed by atoms with van der Waals surface area (Å²) in [5.41, 5.74) is 1.18. The maximum atomic E-state index is 10.1. The molecule has 0 radical (unpaired) electrons. The summed E-state index contributed by atoms with van der Waals surface area (Å²) < 4.78 is 0. The van der Waals surface area contributed by atoms with Gasteiger partial charge in [0.15, 0.2) is 0 Å². The normalized spacial score (nSPS) is 24.9. The van der Waals surface area contributed by atoms with Crippen LogP contribution >= 0.6 is 0 Å². The molecule has 0 saturated heterocycles. The Labute approximate surface area is 112 Å². The number of nitrogens with zero attached hydrogens (tertiary/aromatic N) is 1. The van der Waals surface area contributed by atoms with Gasteiger partial charge in [-0.25, -0.2) is 0 Å². The van der Waals surface area contributed by atoms with E-state index in [1.165, 1.54) is 0 Å². The van der Waals surface area contributed by atoms with Crippen molar-refractivity contribution in [3.63, 3.8) is 0 Å². The van der Waals surface area contributed by atoms with Crippen molar-refractivity contribution in [2.24, 2.45) is 5.41 Å². The highest BCUT2D eigenvalue weighted by Crippen LogP contribution is 2.25. The number of aliphatic hydroxyl groups is 1. The predicted octanol–water partition coefficient (Wildman–Crippen LogP) is 4.07. The van der Waals surface area contributed by atoms with Crippen molar-refractivity contribution in [2.75, 3.05) is 19.6 Å². The second-order valence-corrected chi connectivity index (χ2v) is 5.53. The molecule has 102 valence electrons. The Morgan fingerprint density at radius 2 is 1.89 bits per heavy atom. The summed E-state index contributed by atoms with van der Waals surface area (Å²) in [4.78, 5) is 2.39. The Bertz CT molecular complexity index is 346. The maximum Gasteiger partial charge on any atom is 0.114 e. The van der Waals surface area contributed by atoms with E-state index in [1.807, 2.05) is 6.08 Å². The Morgan fingerprint density at radius 1 is 1.22 bits per heavy atom. The fourth-order valence-corrected chi connectivity index (χ4v) is 2.14. The molecule has 0 aromatic heterocycles. The van der Waals surface area contributed by atoms with Crippen LogP contribution in [0, 0.1) is 5.41 Å². The molecule has 1 N–H and O–H groups in total. The van der Waals surface area contributed by atoms with Gasteiger partial charge in [-0.1, -0.05) is 45.9 Å². The molecule has 1 aliphatic carbocycles. The molecule has 0 heterocycles. The zero-order valence-electron chi connectivity index (χ0n) is 12.2. The SMILES string of the molecule is CCN(CC)CC/C1=C(O)/C=C\C(C)(C)C=CC1. The van der Waals surface area contributed by atoms with Crippen molar-refractivity contribution in [3.05, 3.63) is 35.6 Å². The Morgan fingerprint density at radius 3 is 2.50 bits per heavy atom. The molecule has 0 saturated carbocycles. The van der Waals surface area contributed by atoms with Gasteiger partial charge in [-0.15, -0.1) is 0 Å². The minimum Gasteiger partial charge on any atom is -0.508 e. The quantitative estimate of drug-likeness (QED) is 0.742. The molecule has 18 heavy (non-hydrogen) atoms. The summed E-state index contributed by atoms with van der Waals surface area (Å²) in [6.07, 6.45) is 10.1. The van der Waals surface area contributed by atoms with Gasteiger partial charge in [0, 0.05) is 12.0 Å². The van der Waals surface area contributed by atoms with Gasteiger partial charge < -0.3 is 10.0 Å². The number of allylic oxidation sites excluding steroid dienone is 4. The molecule has 0 spiro atoms. The van der Waals surface area contributed by atoms with E-state index < -0.39 is 0 Å². The standard InChI is InChI=1S/C16H27NO/c1-5-17(6-2)13-10-14-8-7-11-16(3,4)12-9-15(14)18/h7,9,11-12,18H,5-6,8,10,13H2,1-4H3/b11-7?,12-9-,15-14-. The van der Waals surface area contributed by atoms with Crippen LogP contribution in [0.25, 0.3) is 0 Å². The molecule has 0 bridgehead atoms. The van der Waals surface area contributed by atoms with Crippen molar-refractivity contribution in [1.29, 1.82) is 0 Å². The topological polar surface area (TPSA) is 23.5 Å². The Hall–Kier alpha value is -1.02. The number of hydrogen-bond donors (Lipinski definition) is 1. The smallest absolute Gasteiger partial charge is 0.114 e. The lowest BCUT2D eigenvalue weighted by Crippen LogP contribution is -2.24. The molecular formula is C16H27NO. The Balaban J connectivity index is 2.70. The van der Waals surface area contributed by atoms with E-state index in [4.69, 9.17) is 0 Å². The number of hydrogen-bond acceptors (Lipinski definition) is 2. The third-order valence-electron chi connectivity index (χ3n) is 3.57. The van der Waals surface area contributed by atoms with E-state index in [-0.39, 0.29) is 5.41 Å². The molecule has 0 aromatic rings. The van der Waals surface area contributed by atoms with Gasteiger partial charge in [0.1, 0.15) is 5.76 Å². The highest BCUT2D eigenvalue weighted by molar-refractivity contribution is 5.27. The molecule has 1 aliphatic rings. The number of rotatable bonds is 5. The van der Waals surface area contributed by atoms with E-state index in [1.54, 1.807) is 0 Å². The first-order valence-corrected chi connectivity index (χ1v) is 6.98. The van der Waals surface area contributed by atoms with Gasteiger partial charge in [0.2, 0.25) is 0 Å². The molecule has 0 atom stereocenters. The van der Waals surface area contributed by atoms with Crippen molar-refractivity contribution in [1.82, 2.24) is 4.90 Å². The second kappa shape index (κ2) is 6.79. The molecule has 0 fully saturated rings. The summed E-state index contributed by atoms with van der Waals surface area (Å²) in [5, 5.41) is 10.1. The largest absolute Gasteiger partial charge is 0.508 e. The van der Waals surface area contributed by atoms with Crippen LogP contribution in [0.15, 0.2) is 35.6 Å². The molecule has 0 aliphatic heterocycles. The average molecular weight is 249 g/mol. The molecule has 1 rings (SSSR count). The monoisotopic (exact) mass is 249 g/mol. The van der Waals surface area contributed by atoms with Gasteiger partial charge in [-0.2, -0.15) is 0 Å². The predicted molar refractivity (Wildman–Crippen MR) is 78.7 cm³/mol. The van der Waals surface area contributed by atoms with Crippen molar-refractivity contribution in [2.45, 2.75) is 40.5 Å². The van der Waals surface area contributed by atoms with Gasteiger partial charge in [-0.05, 0) is 37.6 Å². The van der Waals surface area contributed by atoms with Crippen LogP contribution in [0.1, 0.15) is 40.5 Å². The zero-order valence-corrected chi connectivity index (χ0v) is 12.2. The molecule has 2 heteroatoms. The highest BCUT2D eigenvalue weighted by Gasteiger charge is 2.13. The van der Waals surface area contributed by atoms with Crippen molar-refractivity contribution in [3.8, 4) is 0 Å². The highest BCUT2D eigenvalue weighted by atomic mass is 16.3. The lowest BCUT2D eigenvalue weighted by Gasteiger charge is -2.21. The first-order chi connectivity index (χ1) is 8.48. The molecule has 0 amide bonds. The number of aliphatic hydroxyl groups excluding tert-OH is 1. The molecule has 0 aromatic carbocycles. The minimum absolute atomic E-state index is 0.0401. The van der Waals surface area contributed by atoms with E-state index in [0.29, 0.717) is 5.76 Å². The van der Waals surface area contributed by atoms with E-state index in [0.717, 1.165) is 38.0 Å². The summed E-state index contributed by atoms with van der Waals surface area (Å²) in [5.74, 6) is 0.458. The summed E-state index contributed by atoms with van der Waals surface area (Å²) >= 11 is 0. The third kappa shape index (κ3) is 4.69. The lowest BCUT2D eigenvalue weighted by molar-refractivity contribution is 0.304. The van der Waals surface area contributed by atoms with Crippen LogP contribution < -0.4 is 0 Å². The van der Waals surface area contributed by atoms with Gasteiger partial charge in [0.05, 0.1) is 0 Å². The van der Waals surface area contributed by atoms with Crippen LogP contribution in [0.2, 0.25) is 0 Å². The Kier molecular flexibility index (Phi) is 5.67. The minimum atomic E-state index is 0.0401. The third-order valence-corrected chi connectivity index (χ3v) is 3.57. The first kappa shape index (κ1) is 15.0. The summed E-state index contributed by atoms with van der Waals surface area (Å²) in [6, 6.07) is 0. The first-order valence-electron chi connectivity index (χ1n) is 6.98. The fourth-order valence-electron chi connectivity index (χ4n) is 2.14. The van der Waals surface area contributed by atoms with Crippen LogP contribution in [0.4, 0.5) is 0 Å². The van der Waals surface area contributed by atoms with Gasteiger partial charge >= 0.3 is 0 Å². The second-order valence-electron chi connectivity index (χ2n) is 5.53. The fraction of sp³-hybridized carbons (Fsp3) is 0.625. The van der Waals surface area contributed by atoms with E-state index in [2.05, 4.69) is 50.8 Å². The van der Waals surface area contributed by atoms with Crippen LogP contribution in [-0.2, 0) is 0 Å². The van der Waals surface area contributed by atoms with Crippen LogP contribution in [0.3, 0.4) is 0 Å². The van der Waals surface area contributed by atoms with Crippen molar-refractivity contribution < 1.29 is 5.11 Å².